The highest BCUT2D eigenvalue weighted by atomic mass is 35.5. The van der Waals surface area contributed by atoms with Gasteiger partial charge in [-0.2, -0.15) is 0 Å². The molecule has 1 rings (SSSR count). The van der Waals surface area contributed by atoms with Gasteiger partial charge in [-0.3, -0.25) is 0 Å². The number of benzene rings is 1. The summed E-state index contributed by atoms with van der Waals surface area (Å²) in [6.45, 7) is 7.73. The molecule has 0 aliphatic heterocycles. The lowest BCUT2D eigenvalue weighted by Gasteiger charge is -2.23. The van der Waals surface area contributed by atoms with Crippen molar-refractivity contribution in [1.82, 2.24) is 0 Å². The van der Waals surface area contributed by atoms with Gasteiger partial charge in [-0.15, -0.1) is 0 Å². The molecule has 0 aliphatic carbocycles. The second-order valence-corrected chi connectivity index (χ2v) is 4.43. The molecule has 1 atom stereocenters. The van der Waals surface area contributed by atoms with E-state index in [1.54, 1.807) is 0 Å². The Kier molecular flexibility index (Phi) is 3.23. The van der Waals surface area contributed by atoms with Gasteiger partial charge in [0.15, 0.2) is 0 Å². The zero-order valence-electron chi connectivity index (χ0n) is 9.19. The number of aliphatic hydroxyl groups is 1. The third-order valence-electron chi connectivity index (χ3n) is 2.75. The van der Waals surface area contributed by atoms with E-state index in [-0.39, 0.29) is 0 Å². The van der Waals surface area contributed by atoms with Crippen LogP contribution in [0.1, 0.15) is 37.0 Å². The number of aryl methyl sites for hydroxylation is 2. The predicted molar refractivity (Wildman–Crippen MR) is 60.8 cm³/mol. The Bertz CT molecular complexity index is 319. The first kappa shape index (κ1) is 11.5. The van der Waals surface area contributed by atoms with Crippen molar-refractivity contribution in [1.29, 1.82) is 0 Å². The zero-order valence-corrected chi connectivity index (χ0v) is 9.94. The van der Waals surface area contributed by atoms with Gasteiger partial charge in [0.25, 0.3) is 0 Å². The first-order chi connectivity index (χ1) is 6.38. The molecule has 78 valence electrons. The van der Waals surface area contributed by atoms with Crippen molar-refractivity contribution in [2.45, 2.75) is 39.7 Å². The van der Waals surface area contributed by atoms with Crippen LogP contribution >= 0.6 is 11.6 Å². The van der Waals surface area contributed by atoms with E-state index >= 15 is 0 Å². The molecule has 0 aromatic heterocycles. The number of hydrogen-bond donors (Lipinski definition) is 1. The molecule has 0 fully saturated rings. The summed E-state index contributed by atoms with van der Waals surface area (Å²) in [5.41, 5.74) is 2.24. The smallest absolute Gasteiger partial charge is 0.0866 e. The Labute approximate surface area is 90.7 Å². The highest BCUT2D eigenvalue weighted by molar-refractivity contribution is 6.32. The Morgan fingerprint density at radius 2 is 1.71 bits per heavy atom. The topological polar surface area (TPSA) is 20.2 Å². The number of rotatable bonds is 2. The fraction of sp³-hybridized carbons (Fsp3) is 0.500. The lowest BCUT2D eigenvalue weighted by molar-refractivity contribution is 0.0530. The fourth-order valence-corrected chi connectivity index (χ4v) is 1.57. The van der Waals surface area contributed by atoms with Crippen LogP contribution < -0.4 is 0 Å². The third-order valence-corrected chi connectivity index (χ3v) is 3.34. The summed E-state index contributed by atoms with van der Waals surface area (Å²) in [5, 5.41) is 10.9. The molecule has 0 aliphatic rings. The maximum absolute atomic E-state index is 10.1. The normalized spacial score (nSPS) is 15.3. The highest BCUT2D eigenvalue weighted by Crippen LogP contribution is 2.29. The molecule has 0 saturated heterocycles. The molecule has 0 unspecified atom stereocenters. The van der Waals surface area contributed by atoms with Crippen LogP contribution in [0.2, 0.25) is 5.02 Å². The SMILES string of the molecule is CC[C@](C)(O)c1cc(C)c(Cl)c(C)c1. The summed E-state index contributed by atoms with van der Waals surface area (Å²) in [6, 6.07) is 3.91. The summed E-state index contributed by atoms with van der Waals surface area (Å²) in [6.07, 6.45) is 0.702. The van der Waals surface area contributed by atoms with Crippen molar-refractivity contribution in [2.24, 2.45) is 0 Å². The molecule has 1 N–H and O–H groups in total. The van der Waals surface area contributed by atoms with Crippen molar-refractivity contribution >= 4 is 11.6 Å². The second kappa shape index (κ2) is 3.92. The van der Waals surface area contributed by atoms with Crippen LogP contribution in [0.15, 0.2) is 12.1 Å². The van der Waals surface area contributed by atoms with Crippen LogP contribution in [0.3, 0.4) is 0 Å². The summed E-state index contributed by atoms with van der Waals surface area (Å²) < 4.78 is 0. The van der Waals surface area contributed by atoms with Crippen molar-refractivity contribution in [3.63, 3.8) is 0 Å². The average molecular weight is 213 g/mol. The minimum atomic E-state index is -0.750. The van der Waals surface area contributed by atoms with E-state index in [1.165, 1.54) is 0 Å². The molecule has 1 aromatic carbocycles. The number of halogens is 1. The van der Waals surface area contributed by atoms with Gasteiger partial charge in [0.1, 0.15) is 0 Å². The minimum absolute atomic E-state index is 0.702. The van der Waals surface area contributed by atoms with Crippen molar-refractivity contribution in [3.05, 3.63) is 33.8 Å². The van der Waals surface area contributed by atoms with E-state index in [0.29, 0.717) is 6.42 Å². The van der Waals surface area contributed by atoms with Gasteiger partial charge in [-0.25, -0.2) is 0 Å². The molecule has 2 heteroatoms. The zero-order chi connectivity index (χ0) is 10.9. The van der Waals surface area contributed by atoms with Gasteiger partial charge >= 0.3 is 0 Å². The maximum Gasteiger partial charge on any atom is 0.0866 e. The first-order valence-electron chi connectivity index (χ1n) is 4.88. The second-order valence-electron chi connectivity index (χ2n) is 4.05. The quantitative estimate of drug-likeness (QED) is 0.795. The van der Waals surface area contributed by atoms with Gasteiger partial charge in [0.05, 0.1) is 5.60 Å². The van der Waals surface area contributed by atoms with Gasteiger partial charge < -0.3 is 5.11 Å². The van der Waals surface area contributed by atoms with Crippen LogP contribution in [0.25, 0.3) is 0 Å². The Hall–Kier alpha value is -0.530. The molecular weight excluding hydrogens is 196 g/mol. The van der Waals surface area contributed by atoms with Crippen LogP contribution in [0.4, 0.5) is 0 Å². The maximum atomic E-state index is 10.1. The largest absolute Gasteiger partial charge is 0.385 e. The lowest BCUT2D eigenvalue weighted by atomic mass is 9.91. The van der Waals surface area contributed by atoms with Gasteiger partial charge in [0, 0.05) is 5.02 Å². The van der Waals surface area contributed by atoms with E-state index in [1.807, 2.05) is 39.8 Å². The molecule has 0 saturated carbocycles. The van der Waals surface area contributed by atoms with Gasteiger partial charge in [0.2, 0.25) is 0 Å². The Balaban J connectivity index is 3.26. The van der Waals surface area contributed by atoms with Crippen molar-refractivity contribution in [2.75, 3.05) is 0 Å². The summed E-state index contributed by atoms with van der Waals surface area (Å²) in [4.78, 5) is 0. The van der Waals surface area contributed by atoms with Crippen molar-refractivity contribution in [3.8, 4) is 0 Å². The van der Waals surface area contributed by atoms with E-state index < -0.39 is 5.60 Å². The molecule has 0 amide bonds. The van der Waals surface area contributed by atoms with E-state index in [2.05, 4.69) is 0 Å². The molecule has 1 aromatic rings. The highest BCUT2D eigenvalue weighted by Gasteiger charge is 2.21. The first-order valence-corrected chi connectivity index (χ1v) is 5.26. The van der Waals surface area contributed by atoms with E-state index in [0.717, 1.165) is 21.7 Å². The molecular formula is C12H17ClO. The van der Waals surface area contributed by atoms with Gasteiger partial charge in [-0.1, -0.05) is 30.7 Å². The Morgan fingerprint density at radius 3 is 2.07 bits per heavy atom. The molecule has 0 spiro atoms. The molecule has 0 heterocycles. The standard InChI is InChI=1S/C12H17ClO/c1-5-12(4,14)10-6-8(2)11(13)9(3)7-10/h6-7,14H,5H2,1-4H3/t12-/m0/s1. The minimum Gasteiger partial charge on any atom is -0.385 e. The number of hydrogen-bond acceptors (Lipinski definition) is 1. The molecule has 0 radical (unpaired) electrons. The summed E-state index contributed by atoms with van der Waals surface area (Å²) in [7, 11) is 0. The van der Waals surface area contributed by atoms with E-state index in [4.69, 9.17) is 11.6 Å². The monoisotopic (exact) mass is 212 g/mol. The van der Waals surface area contributed by atoms with Crippen LogP contribution in [0.5, 0.6) is 0 Å². The molecule has 14 heavy (non-hydrogen) atoms. The van der Waals surface area contributed by atoms with Crippen molar-refractivity contribution < 1.29 is 5.11 Å². The summed E-state index contributed by atoms with van der Waals surface area (Å²) >= 11 is 6.06. The average Bonchev–Trinajstić information content (AvgIpc) is 2.13. The third kappa shape index (κ3) is 2.10. The van der Waals surface area contributed by atoms with E-state index in [9.17, 15) is 5.11 Å². The summed E-state index contributed by atoms with van der Waals surface area (Å²) in [5.74, 6) is 0. The fourth-order valence-electron chi connectivity index (χ4n) is 1.46. The predicted octanol–water partition coefficient (Wildman–Crippen LogP) is 3.57. The lowest BCUT2D eigenvalue weighted by Crippen LogP contribution is -2.19. The van der Waals surface area contributed by atoms with Crippen LogP contribution in [0, 0.1) is 13.8 Å². The van der Waals surface area contributed by atoms with Crippen LogP contribution in [-0.2, 0) is 5.60 Å². The van der Waals surface area contributed by atoms with Gasteiger partial charge in [-0.05, 0) is 43.9 Å². The molecule has 0 bridgehead atoms. The molecule has 1 nitrogen and oxygen atoms in total. The Morgan fingerprint density at radius 1 is 1.29 bits per heavy atom. The van der Waals surface area contributed by atoms with Crippen LogP contribution in [-0.4, -0.2) is 5.11 Å².